The number of nitrogens with zero attached hydrogens (tertiary/aromatic N) is 1. The first-order valence-corrected chi connectivity index (χ1v) is 13.5. The number of rotatable bonds is 6. The van der Waals surface area contributed by atoms with Gasteiger partial charge >= 0.3 is 6.09 Å². The molecule has 0 aliphatic rings. The fourth-order valence-corrected chi connectivity index (χ4v) is 4.91. The van der Waals surface area contributed by atoms with Crippen molar-refractivity contribution in [1.29, 1.82) is 4.78 Å². The molecule has 1 atom stereocenters. The van der Waals surface area contributed by atoms with E-state index in [1.54, 1.807) is 63.2 Å². The Morgan fingerprint density at radius 3 is 2.15 bits per heavy atom. The second-order valence-electron chi connectivity index (χ2n) is 9.62. The molecule has 3 N–H and O–H groups in total. The van der Waals surface area contributed by atoms with Crippen LogP contribution >= 0.6 is 0 Å². The number of anilines is 2. The highest BCUT2D eigenvalue weighted by atomic mass is 32.2. The molecule has 8 nitrogen and oxygen atoms in total. The smallest absolute Gasteiger partial charge is 0.412 e. The first-order valence-electron chi connectivity index (χ1n) is 11.9. The summed E-state index contributed by atoms with van der Waals surface area (Å²) in [7, 11) is -3.30. The van der Waals surface area contributed by atoms with Gasteiger partial charge in [-0.3, -0.25) is 15.1 Å². The number of halogens is 1. The zero-order chi connectivity index (χ0) is 28.2. The Kier molecular flexibility index (Phi) is 7.78. The Morgan fingerprint density at radius 1 is 0.872 bits per heavy atom. The lowest BCUT2D eigenvalue weighted by Gasteiger charge is -2.21. The molecule has 4 rings (SSSR count). The van der Waals surface area contributed by atoms with E-state index >= 15 is 0 Å². The third kappa shape index (κ3) is 6.85. The van der Waals surface area contributed by atoms with E-state index in [4.69, 9.17) is 9.52 Å². The molecule has 200 valence electrons. The molecule has 0 aliphatic heterocycles. The number of benzene rings is 3. The van der Waals surface area contributed by atoms with E-state index in [1.807, 2.05) is 0 Å². The second kappa shape index (κ2) is 11.0. The van der Waals surface area contributed by atoms with Gasteiger partial charge in [0.1, 0.15) is 21.1 Å². The molecule has 0 radical (unpaired) electrons. The second-order valence-corrected chi connectivity index (χ2v) is 11.7. The summed E-state index contributed by atoms with van der Waals surface area (Å²) in [6.07, 6.45) is 2.21. The third-order valence-corrected chi connectivity index (χ3v) is 7.34. The van der Waals surface area contributed by atoms with Gasteiger partial charge in [-0.05, 0) is 92.6 Å². The van der Waals surface area contributed by atoms with Crippen LogP contribution in [0.15, 0.2) is 101 Å². The highest BCUT2D eigenvalue weighted by molar-refractivity contribution is 7.92. The van der Waals surface area contributed by atoms with E-state index in [0.717, 1.165) is 0 Å². The van der Waals surface area contributed by atoms with Crippen molar-refractivity contribution < 1.29 is 22.9 Å². The maximum absolute atomic E-state index is 13.4. The summed E-state index contributed by atoms with van der Waals surface area (Å²) in [5, 5.41) is 5.45. The van der Waals surface area contributed by atoms with Crippen molar-refractivity contribution in [2.45, 2.75) is 36.2 Å². The summed E-state index contributed by atoms with van der Waals surface area (Å²) < 4.78 is 40.2. The lowest BCUT2D eigenvalue weighted by Crippen LogP contribution is -2.27. The molecule has 3 aromatic carbocycles. The number of hydrogen-bond acceptors (Lipinski definition) is 6. The number of pyridine rings is 1. The van der Waals surface area contributed by atoms with Crippen LogP contribution in [0.4, 0.5) is 20.6 Å². The van der Waals surface area contributed by atoms with Crippen molar-refractivity contribution in [2.75, 3.05) is 10.6 Å². The van der Waals surface area contributed by atoms with Gasteiger partial charge in [-0.1, -0.05) is 18.2 Å². The van der Waals surface area contributed by atoms with E-state index < -0.39 is 27.3 Å². The third-order valence-electron chi connectivity index (χ3n) is 5.50. The van der Waals surface area contributed by atoms with Crippen molar-refractivity contribution in [2.24, 2.45) is 0 Å². The van der Waals surface area contributed by atoms with Crippen molar-refractivity contribution in [1.82, 2.24) is 4.98 Å². The van der Waals surface area contributed by atoms with Gasteiger partial charge in [0.15, 0.2) is 0 Å². The van der Waals surface area contributed by atoms with Crippen LogP contribution in [0.25, 0.3) is 11.1 Å². The molecule has 10 heteroatoms. The van der Waals surface area contributed by atoms with Crippen molar-refractivity contribution >= 4 is 33.1 Å². The van der Waals surface area contributed by atoms with Crippen LogP contribution in [0.5, 0.6) is 0 Å². The first kappa shape index (κ1) is 27.5. The fourth-order valence-electron chi connectivity index (χ4n) is 3.64. The van der Waals surface area contributed by atoms with Crippen LogP contribution in [-0.4, -0.2) is 26.8 Å². The van der Waals surface area contributed by atoms with E-state index in [0.29, 0.717) is 16.8 Å². The van der Waals surface area contributed by atoms with Crippen LogP contribution in [0.3, 0.4) is 0 Å². The van der Waals surface area contributed by atoms with Crippen LogP contribution in [-0.2, 0) is 14.5 Å². The summed E-state index contributed by atoms with van der Waals surface area (Å²) in [6, 6.07) is 19.9. The van der Waals surface area contributed by atoms with Crippen molar-refractivity contribution in [3.63, 3.8) is 0 Å². The average Bonchev–Trinajstić information content (AvgIpc) is 2.89. The number of hydrogen-bond donors (Lipinski definition) is 3. The van der Waals surface area contributed by atoms with Gasteiger partial charge in [-0.2, -0.15) is 0 Å². The average molecular weight is 547 g/mol. The lowest BCUT2D eigenvalue weighted by molar-refractivity contribution is 0.0635. The van der Waals surface area contributed by atoms with E-state index in [-0.39, 0.29) is 26.9 Å². The number of aromatic nitrogens is 1. The van der Waals surface area contributed by atoms with Crippen LogP contribution in [0, 0.1) is 10.6 Å². The molecule has 1 aromatic heterocycles. The number of ether oxygens (including phenoxy) is 1. The number of carbonyl (C=O) groups excluding carboxylic acids is 2. The van der Waals surface area contributed by atoms with Crippen LogP contribution in [0.1, 0.15) is 31.1 Å². The maximum atomic E-state index is 13.4. The predicted molar refractivity (Wildman–Crippen MR) is 148 cm³/mol. The minimum atomic E-state index is -3.30. The molecule has 39 heavy (non-hydrogen) atoms. The normalized spacial score (nSPS) is 12.7. The van der Waals surface area contributed by atoms with Gasteiger partial charge in [-0.25, -0.2) is 18.2 Å². The summed E-state index contributed by atoms with van der Waals surface area (Å²) in [5.41, 5.74) is 1.50. The van der Waals surface area contributed by atoms with E-state index in [9.17, 15) is 18.2 Å². The summed E-state index contributed by atoms with van der Waals surface area (Å²) in [5.74, 6) is -0.873. The van der Waals surface area contributed by atoms with Crippen LogP contribution in [0.2, 0.25) is 0 Å². The predicted octanol–water partition coefficient (Wildman–Crippen LogP) is 6.95. The zero-order valence-electron chi connectivity index (χ0n) is 21.5. The first-order chi connectivity index (χ1) is 18.4. The zero-order valence-corrected chi connectivity index (χ0v) is 22.3. The molecule has 0 bridgehead atoms. The molecular weight excluding hydrogens is 519 g/mol. The van der Waals surface area contributed by atoms with E-state index in [1.165, 1.54) is 48.8 Å². The molecular formula is C29H27FN4O4S. The quantitative estimate of drug-likeness (QED) is 0.242. The summed E-state index contributed by atoms with van der Waals surface area (Å²) in [6.45, 7) is 5.21. The molecule has 1 heterocycles. The molecule has 2 amide bonds. The van der Waals surface area contributed by atoms with Crippen LogP contribution < -0.4 is 10.6 Å². The van der Waals surface area contributed by atoms with Gasteiger partial charge in [0, 0.05) is 18.0 Å². The Hall–Kier alpha value is -4.57. The standard InChI is InChI=1S/C29H27FN4O4S/c1-29(2,3)38-28(36)34-25-15-10-21(19-6-11-22(30)12-7-19)17-26(25)33-27(35)20-8-13-23(14-9-20)39(31,37)24-5-4-16-32-18-24/h4-18,31H,1-3H3,(H,33,35)(H,34,36). The number of nitrogens with one attached hydrogen (secondary N) is 3. The van der Waals surface area contributed by atoms with Gasteiger partial charge in [0.05, 0.1) is 21.2 Å². The molecule has 0 spiro atoms. The monoisotopic (exact) mass is 546 g/mol. The molecule has 0 aliphatic carbocycles. The minimum absolute atomic E-state index is 0.234. The van der Waals surface area contributed by atoms with Gasteiger partial charge in [0.25, 0.3) is 5.91 Å². The number of amides is 2. The fraction of sp³-hybridized carbons (Fsp3) is 0.138. The Labute approximate surface area is 226 Å². The largest absolute Gasteiger partial charge is 0.444 e. The highest BCUT2D eigenvalue weighted by Gasteiger charge is 2.19. The highest BCUT2D eigenvalue weighted by Crippen LogP contribution is 2.30. The topological polar surface area (TPSA) is 121 Å². The molecule has 0 saturated heterocycles. The Balaban J connectivity index is 1.62. The molecule has 0 fully saturated rings. The Morgan fingerprint density at radius 2 is 1.54 bits per heavy atom. The maximum Gasteiger partial charge on any atom is 0.412 e. The Bertz CT molecular complexity index is 1600. The number of carbonyl (C=O) groups is 2. The van der Waals surface area contributed by atoms with Crippen molar-refractivity contribution in [3.8, 4) is 11.1 Å². The lowest BCUT2D eigenvalue weighted by atomic mass is 10.0. The molecule has 1 unspecified atom stereocenters. The van der Waals surface area contributed by atoms with E-state index in [2.05, 4.69) is 15.6 Å². The van der Waals surface area contributed by atoms with Gasteiger partial charge in [0.2, 0.25) is 0 Å². The van der Waals surface area contributed by atoms with Gasteiger partial charge in [-0.15, -0.1) is 0 Å². The minimum Gasteiger partial charge on any atom is -0.444 e. The molecule has 4 aromatic rings. The van der Waals surface area contributed by atoms with Crippen molar-refractivity contribution in [3.05, 3.63) is 103 Å². The summed E-state index contributed by atoms with van der Waals surface area (Å²) >= 11 is 0. The summed E-state index contributed by atoms with van der Waals surface area (Å²) in [4.78, 5) is 30.0. The SMILES string of the molecule is CC(C)(C)OC(=O)Nc1ccc(-c2ccc(F)cc2)cc1NC(=O)c1ccc(S(=N)(=O)c2cccnc2)cc1. The van der Waals surface area contributed by atoms with Gasteiger partial charge < -0.3 is 10.1 Å². The molecule has 0 saturated carbocycles.